The molecule has 0 amide bonds. The number of hydrogen-bond donors (Lipinski definition) is 1. The van der Waals surface area contributed by atoms with Gasteiger partial charge in [-0.25, -0.2) is 14.8 Å². The number of rotatable bonds is 4. The minimum Gasteiger partial charge on any atom is -0.478 e. The summed E-state index contributed by atoms with van der Waals surface area (Å²) in [5, 5.41) is 8.57. The van der Waals surface area contributed by atoms with Gasteiger partial charge in [0.2, 0.25) is 5.95 Å². The van der Waals surface area contributed by atoms with Crippen molar-refractivity contribution in [3.8, 4) is 0 Å². The molecule has 0 saturated carbocycles. The number of aromatic nitrogens is 2. The van der Waals surface area contributed by atoms with E-state index in [1.807, 2.05) is 0 Å². The van der Waals surface area contributed by atoms with E-state index in [9.17, 15) is 4.79 Å². The van der Waals surface area contributed by atoms with E-state index in [0.717, 1.165) is 32.3 Å². The predicted molar refractivity (Wildman–Crippen MR) is 77.6 cm³/mol. The first-order valence-corrected chi connectivity index (χ1v) is 6.82. The summed E-state index contributed by atoms with van der Waals surface area (Å²) in [6, 6.07) is 0.490. The van der Waals surface area contributed by atoms with Gasteiger partial charge in [0.05, 0.1) is 0 Å². The van der Waals surface area contributed by atoms with Gasteiger partial charge in [-0.15, -0.1) is 0 Å². The van der Waals surface area contributed by atoms with E-state index in [2.05, 4.69) is 33.6 Å². The van der Waals surface area contributed by atoms with E-state index in [-0.39, 0.29) is 0 Å². The van der Waals surface area contributed by atoms with E-state index in [1.54, 1.807) is 12.4 Å². The van der Waals surface area contributed by atoms with Crippen LogP contribution in [0.3, 0.4) is 0 Å². The van der Waals surface area contributed by atoms with Gasteiger partial charge in [-0.2, -0.15) is 0 Å². The monoisotopic (exact) mass is 276 g/mol. The van der Waals surface area contributed by atoms with Gasteiger partial charge in [0.25, 0.3) is 0 Å². The summed E-state index contributed by atoms with van der Waals surface area (Å²) in [6.45, 7) is 8.29. The molecule has 1 N–H and O–H groups in total. The average molecular weight is 276 g/mol. The van der Waals surface area contributed by atoms with Crippen molar-refractivity contribution in [3.05, 3.63) is 24.0 Å². The standard InChI is InChI=1S/C14H20N4O2/c1-3-17-6-7-18(10-11(17)2)14-15-8-12(9-16-14)4-5-13(19)20/h4-5,8-9,11H,3,6-7,10H2,1-2H3,(H,19,20)/b5-4+. The third-order valence-electron chi connectivity index (χ3n) is 3.53. The number of carbonyl (C=O) groups is 1. The van der Waals surface area contributed by atoms with Gasteiger partial charge in [0.1, 0.15) is 0 Å². The Morgan fingerprint density at radius 3 is 2.70 bits per heavy atom. The number of anilines is 1. The summed E-state index contributed by atoms with van der Waals surface area (Å²) in [5.41, 5.74) is 0.691. The SMILES string of the molecule is CCN1CCN(c2ncc(/C=C/C(=O)O)cn2)CC1C. The van der Waals surface area contributed by atoms with Gasteiger partial charge < -0.3 is 10.0 Å². The smallest absolute Gasteiger partial charge is 0.328 e. The van der Waals surface area contributed by atoms with E-state index < -0.39 is 5.97 Å². The quantitative estimate of drug-likeness (QED) is 0.831. The molecule has 1 fully saturated rings. The number of nitrogens with zero attached hydrogens (tertiary/aromatic N) is 4. The first-order valence-electron chi connectivity index (χ1n) is 6.82. The van der Waals surface area contributed by atoms with Crippen molar-refractivity contribution in [1.82, 2.24) is 14.9 Å². The maximum absolute atomic E-state index is 10.4. The molecular formula is C14H20N4O2. The Morgan fingerprint density at radius 1 is 1.45 bits per heavy atom. The topological polar surface area (TPSA) is 69.6 Å². The highest BCUT2D eigenvalue weighted by molar-refractivity contribution is 5.85. The van der Waals surface area contributed by atoms with E-state index >= 15 is 0 Å². The zero-order valence-electron chi connectivity index (χ0n) is 11.9. The Kier molecular flexibility index (Phi) is 4.68. The van der Waals surface area contributed by atoms with Crippen molar-refractivity contribution in [2.45, 2.75) is 19.9 Å². The highest BCUT2D eigenvalue weighted by atomic mass is 16.4. The van der Waals surface area contributed by atoms with Gasteiger partial charge in [0.15, 0.2) is 0 Å². The lowest BCUT2D eigenvalue weighted by Crippen LogP contribution is -2.52. The normalized spacial score (nSPS) is 20.5. The number of hydrogen-bond acceptors (Lipinski definition) is 5. The van der Waals surface area contributed by atoms with Crippen molar-refractivity contribution in [2.75, 3.05) is 31.1 Å². The zero-order valence-corrected chi connectivity index (χ0v) is 11.9. The first kappa shape index (κ1) is 14.5. The van der Waals surface area contributed by atoms with Crippen LogP contribution < -0.4 is 4.90 Å². The minimum absolute atomic E-state index is 0.490. The summed E-state index contributed by atoms with van der Waals surface area (Å²) >= 11 is 0. The summed E-state index contributed by atoms with van der Waals surface area (Å²) in [4.78, 5) is 23.7. The zero-order chi connectivity index (χ0) is 14.5. The minimum atomic E-state index is -0.974. The molecule has 0 spiro atoms. The maximum atomic E-state index is 10.4. The third kappa shape index (κ3) is 3.54. The molecule has 6 nitrogen and oxygen atoms in total. The molecule has 108 valence electrons. The molecule has 0 bridgehead atoms. The molecule has 2 rings (SSSR count). The lowest BCUT2D eigenvalue weighted by molar-refractivity contribution is -0.131. The molecule has 2 heterocycles. The molecule has 1 saturated heterocycles. The molecule has 1 aliphatic heterocycles. The number of carboxylic acid groups (broad SMARTS) is 1. The van der Waals surface area contributed by atoms with Crippen LogP contribution in [0.25, 0.3) is 6.08 Å². The van der Waals surface area contributed by atoms with E-state index in [0.29, 0.717) is 17.6 Å². The van der Waals surface area contributed by atoms with Crippen molar-refractivity contribution in [3.63, 3.8) is 0 Å². The van der Waals surface area contributed by atoms with Crippen molar-refractivity contribution >= 4 is 18.0 Å². The molecule has 1 aromatic heterocycles. The van der Waals surface area contributed by atoms with Crippen molar-refractivity contribution in [1.29, 1.82) is 0 Å². The fraction of sp³-hybridized carbons (Fsp3) is 0.500. The Morgan fingerprint density at radius 2 is 2.15 bits per heavy atom. The summed E-state index contributed by atoms with van der Waals surface area (Å²) in [7, 11) is 0. The van der Waals surface area contributed by atoms with Crippen LogP contribution in [-0.2, 0) is 4.79 Å². The molecule has 0 aromatic carbocycles. The van der Waals surface area contributed by atoms with Crippen molar-refractivity contribution < 1.29 is 9.90 Å². The molecule has 1 aromatic rings. The number of likely N-dealkylation sites (N-methyl/N-ethyl adjacent to an activating group) is 1. The first-order chi connectivity index (χ1) is 9.60. The maximum Gasteiger partial charge on any atom is 0.328 e. The van der Waals surface area contributed by atoms with E-state index in [4.69, 9.17) is 5.11 Å². The number of piperazine rings is 1. The van der Waals surface area contributed by atoms with Gasteiger partial charge >= 0.3 is 5.97 Å². The second-order valence-corrected chi connectivity index (χ2v) is 4.91. The predicted octanol–water partition coefficient (Wildman–Crippen LogP) is 1.10. The van der Waals surface area contributed by atoms with Gasteiger partial charge in [0, 0.05) is 49.7 Å². The van der Waals surface area contributed by atoms with Crippen LogP contribution >= 0.6 is 0 Å². The average Bonchev–Trinajstić information content (AvgIpc) is 2.45. The molecular weight excluding hydrogens is 256 g/mol. The Balaban J connectivity index is 2.02. The second kappa shape index (κ2) is 6.47. The summed E-state index contributed by atoms with van der Waals surface area (Å²) < 4.78 is 0. The third-order valence-corrected chi connectivity index (χ3v) is 3.53. The Bertz CT molecular complexity index is 486. The highest BCUT2D eigenvalue weighted by Crippen LogP contribution is 2.15. The van der Waals surface area contributed by atoms with Crippen LogP contribution in [0.1, 0.15) is 19.4 Å². The molecule has 1 atom stereocenters. The highest BCUT2D eigenvalue weighted by Gasteiger charge is 2.23. The molecule has 0 aliphatic carbocycles. The lowest BCUT2D eigenvalue weighted by atomic mass is 10.2. The van der Waals surface area contributed by atoms with Crippen LogP contribution in [0.15, 0.2) is 18.5 Å². The largest absolute Gasteiger partial charge is 0.478 e. The fourth-order valence-electron chi connectivity index (χ4n) is 2.39. The molecule has 20 heavy (non-hydrogen) atoms. The van der Waals surface area contributed by atoms with Gasteiger partial charge in [-0.1, -0.05) is 6.92 Å². The van der Waals surface area contributed by atoms with Gasteiger partial charge in [-0.3, -0.25) is 4.90 Å². The lowest BCUT2D eigenvalue weighted by Gasteiger charge is -2.39. The van der Waals surface area contributed by atoms with Gasteiger partial charge in [-0.05, 0) is 19.5 Å². The number of carboxylic acids is 1. The summed E-state index contributed by atoms with van der Waals surface area (Å²) in [5.74, 6) is -0.265. The second-order valence-electron chi connectivity index (χ2n) is 4.91. The van der Waals surface area contributed by atoms with Crippen LogP contribution in [0.5, 0.6) is 0 Å². The van der Waals surface area contributed by atoms with E-state index in [1.165, 1.54) is 6.08 Å². The Labute approximate surface area is 118 Å². The molecule has 1 unspecified atom stereocenters. The van der Waals surface area contributed by atoms with Crippen LogP contribution in [0.2, 0.25) is 0 Å². The molecule has 0 radical (unpaired) electrons. The summed E-state index contributed by atoms with van der Waals surface area (Å²) in [6.07, 6.45) is 5.88. The van der Waals surface area contributed by atoms with Crippen molar-refractivity contribution in [2.24, 2.45) is 0 Å². The molecule has 1 aliphatic rings. The Hall–Kier alpha value is -1.95. The van der Waals surface area contributed by atoms with Crippen LogP contribution in [0, 0.1) is 0 Å². The van der Waals surface area contributed by atoms with Crippen LogP contribution in [0.4, 0.5) is 5.95 Å². The molecule has 6 heteroatoms. The van der Waals surface area contributed by atoms with Crippen LogP contribution in [-0.4, -0.2) is 58.2 Å². The number of aliphatic carboxylic acids is 1. The fourth-order valence-corrected chi connectivity index (χ4v) is 2.39.